The summed E-state index contributed by atoms with van der Waals surface area (Å²) in [5, 5.41) is 6.40. The molecule has 2 rings (SSSR count). The second kappa shape index (κ2) is 5.05. The van der Waals surface area contributed by atoms with Crippen LogP contribution in [0.4, 0.5) is 0 Å². The lowest BCUT2D eigenvalue weighted by Gasteiger charge is -2.11. The Bertz CT molecular complexity index is 588. The summed E-state index contributed by atoms with van der Waals surface area (Å²) in [6.07, 6.45) is 0.703. The maximum absolute atomic E-state index is 11.8. The summed E-state index contributed by atoms with van der Waals surface area (Å²) in [6, 6.07) is 6.92. The zero-order valence-corrected chi connectivity index (χ0v) is 10.4. The molecule has 1 atom stereocenters. The van der Waals surface area contributed by atoms with Crippen molar-refractivity contribution in [3.63, 3.8) is 0 Å². The SMILES string of the molecule is CCC(N)c1n[nH]c(=O)n1-c1cccc(OC)c1. The molecule has 0 saturated heterocycles. The Balaban J connectivity index is 2.55. The second-order valence-corrected chi connectivity index (χ2v) is 3.94. The van der Waals surface area contributed by atoms with Gasteiger partial charge >= 0.3 is 5.69 Å². The third-order valence-corrected chi connectivity index (χ3v) is 2.78. The molecule has 18 heavy (non-hydrogen) atoms. The number of H-pyrrole nitrogens is 1. The van der Waals surface area contributed by atoms with E-state index in [1.54, 1.807) is 13.2 Å². The molecule has 1 aromatic carbocycles. The van der Waals surface area contributed by atoms with Crippen LogP contribution in [-0.4, -0.2) is 21.9 Å². The van der Waals surface area contributed by atoms with E-state index in [1.807, 2.05) is 25.1 Å². The fourth-order valence-corrected chi connectivity index (χ4v) is 1.74. The lowest BCUT2D eigenvalue weighted by Crippen LogP contribution is -2.21. The van der Waals surface area contributed by atoms with E-state index in [4.69, 9.17) is 10.5 Å². The number of hydrogen-bond donors (Lipinski definition) is 2. The molecular weight excluding hydrogens is 232 g/mol. The molecule has 96 valence electrons. The summed E-state index contributed by atoms with van der Waals surface area (Å²) in [5.41, 5.74) is 6.33. The number of ether oxygens (including phenoxy) is 1. The second-order valence-electron chi connectivity index (χ2n) is 3.94. The Hall–Kier alpha value is -2.08. The van der Waals surface area contributed by atoms with Gasteiger partial charge in [-0.1, -0.05) is 13.0 Å². The van der Waals surface area contributed by atoms with E-state index in [-0.39, 0.29) is 11.7 Å². The highest BCUT2D eigenvalue weighted by Gasteiger charge is 2.16. The number of nitrogens with one attached hydrogen (secondary N) is 1. The van der Waals surface area contributed by atoms with Crippen molar-refractivity contribution < 1.29 is 4.74 Å². The summed E-state index contributed by atoms with van der Waals surface area (Å²) in [4.78, 5) is 11.8. The maximum atomic E-state index is 11.8. The van der Waals surface area contributed by atoms with Crippen LogP contribution < -0.4 is 16.2 Å². The highest BCUT2D eigenvalue weighted by Crippen LogP contribution is 2.18. The quantitative estimate of drug-likeness (QED) is 0.844. The summed E-state index contributed by atoms with van der Waals surface area (Å²) >= 11 is 0. The van der Waals surface area contributed by atoms with E-state index >= 15 is 0 Å². The van der Waals surface area contributed by atoms with Crippen molar-refractivity contribution in [3.05, 3.63) is 40.6 Å². The van der Waals surface area contributed by atoms with Crippen LogP contribution in [0.5, 0.6) is 5.75 Å². The number of aromatic nitrogens is 3. The molecule has 0 saturated carbocycles. The van der Waals surface area contributed by atoms with Crippen LogP contribution in [0.3, 0.4) is 0 Å². The molecule has 0 aliphatic heterocycles. The van der Waals surface area contributed by atoms with E-state index in [9.17, 15) is 4.79 Å². The molecule has 1 unspecified atom stereocenters. The zero-order chi connectivity index (χ0) is 13.1. The van der Waals surface area contributed by atoms with Gasteiger partial charge in [0.05, 0.1) is 18.8 Å². The van der Waals surface area contributed by atoms with Gasteiger partial charge in [-0.15, -0.1) is 0 Å². The summed E-state index contributed by atoms with van der Waals surface area (Å²) in [7, 11) is 1.58. The topological polar surface area (TPSA) is 85.9 Å². The zero-order valence-electron chi connectivity index (χ0n) is 10.4. The number of nitrogens with two attached hydrogens (primary N) is 1. The van der Waals surface area contributed by atoms with Crippen molar-refractivity contribution >= 4 is 0 Å². The van der Waals surface area contributed by atoms with Crippen molar-refractivity contribution in [2.45, 2.75) is 19.4 Å². The molecule has 6 heteroatoms. The first-order chi connectivity index (χ1) is 8.67. The van der Waals surface area contributed by atoms with Crippen molar-refractivity contribution in [3.8, 4) is 11.4 Å². The summed E-state index contributed by atoms with van der Waals surface area (Å²) in [6.45, 7) is 1.94. The molecule has 0 aliphatic carbocycles. The molecule has 0 radical (unpaired) electrons. The monoisotopic (exact) mass is 248 g/mol. The average molecular weight is 248 g/mol. The van der Waals surface area contributed by atoms with Crippen LogP contribution in [0.2, 0.25) is 0 Å². The first-order valence-corrected chi connectivity index (χ1v) is 5.74. The van der Waals surface area contributed by atoms with E-state index in [0.29, 0.717) is 23.7 Å². The van der Waals surface area contributed by atoms with Gasteiger partial charge in [0.15, 0.2) is 5.82 Å². The Kier molecular flexibility index (Phi) is 3.47. The summed E-state index contributed by atoms with van der Waals surface area (Å²) in [5.74, 6) is 1.20. The van der Waals surface area contributed by atoms with E-state index in [1.165, 1.54) is 4.57 Å². The van der Waals surface area contributed by atoms with Crippen molar-refractivity contribution in [1.82, 2.24) is 14.8 Å². The molecular formula is C12H16N4O2. The van der Waals surface area contributed by atoms with Crippen molar-refractivity contribution in [2.75, 3.05) is 7.11 Å². The Morgan fingerprint density at radius 1 is 1.56 bits per heavy atom. The molecule has 0 amide bonds. The van der Waals surface area contributed by atoms with Crippen LogP contribution >= 0.6 is 0 Å². The maximum Gasteiger partial charge on any atom is 0.347 e. The average Bonchev–Trinajstić information content (AvgIpc) is 2.79. The standard InChI is InChI=1S/C12H16N4O2/c1-3-10(13)11-14-15-12(17)16(11)8-5-4-6-9(7-8)18-2/h4-7,10H,3,13H2,1-2H3,(H,15,17). The van der Waals surface area contributed by atoms with Gasteiger partial charge < -0.3 is 10.5 Å². The number of aromatic amines is 1. The van der Waals surface area contributed by atoms with E-state index < -0.39 is 0 Å². The number of nitrogens with zero attached hydrogens (tertiary/aromatic N) is 2. The molecule has 0 bridgehead atoms. The van der Waals surface area contributed by atoms with Crippen molar-refractivity contribution in [1.29, 1.82) is 0 Å². The molecule has 6 nitrogen and oxygen atoms in total. The van der Waals surface area contributed by atoms with Crippen LogP contribution in [0.15, 0.2) is 29.1 Å². The molecule has 3 N–H and O–H groups in total. The summed E-state index contributed by atoms with van der Waals surface area (Å²) < 4.78 is 6.61. The van der Waals surface area contributed by atoms with Gasteiger partial charge in [0.2, 0.25) is 0 Å². The Morgan fingerprint density at radius 2 is 2.33 bits per heavy atom. The Labute approximate surface area is 104 Å². The van der Waals surface area contributed by atoms with E-state index in [2.05, 4.69) is 10.2 Å². The van der Waals surface area contributed by atoms with Gasteiger partial charge in [-0.25, -0.2) is 14.5 Å². The number of hydrogen-bond acceptors (Lipinski definition) is 4. The number of rotatable bonds is 4. The minimum absolute atomic E-state index is 0.282. The van der Waals surface area contributed by atoms with Gasteiger partial charge in [-0.05, 0) is 18.6 Å². The van der Waals surface area contributed by atoms with Gasteiger partial charge in [-0.2, -0.15) is 5.10 Å². The number of methoxy groups -OCH3 is 1. The predicted molar refractivity (Wildman–Crippen MR) is 68.0 cm³/mol. The fraction of sp³-hybridized carbons (Fsp3) is 0.333. The Morgan fingerprint density at radius 3 is 3.00 bits per heavy atom. The van der Waals surface area contributed by atoms with Gasteiger partial charge in [0.1, 0.15) is 5.75 Å². The smallest absolute Gasteiger partial charge is 0.347 e. The largest absolute Gasteiger partial charge is 0.497 e. The number of benzene rings is 1. The predicted octanol–water partition coefficient (Wildman–Crippen LogP) is 0.979. The van der Waals surface area contributed by atoms with Crippen LogP contribution in [-0.2, 0) is 0 Å². The van der Waals surface area contributed by atoms with Gasteiger partial charge in [-0.3, -0.25) is 0 Å². The first-order valence-electron chi connectivity index (χ1n) is 5.74. The van der Waals surface area contributed by atoms with Gasteiger partial charge in [0.25, 0.3) is 0 Å². The molecule has 0 aliphatic rings. The minimum atomic E-state index is -0.304. The van der Waals surface area contributed by atoms with Gasteiger partial charge in [0, 0.05) is 6.07 Å². The minimum Gasteiger partial charge on any atom is -0.497 e. The fourth-order valence-electron chi connectivity index (χ4n) is 1.74. The normalized spacial score (nSPS) is 12.4. The molecule has 2 aromatic rings. The molecule has 1 aromatic heterocycles. The van der Waals surface area contributed by atoms with Crippen LogP contribution in [0.25, 0.3) is 5.69 Å². The molecule has 0 fully saturated rings. The lowest BCUT2D eigenvalue weighted by molar-refractivity contribution is 0.414. The first kappa shape index (κ1) is 12.4. The van der Waals surface area contributed by atoms with Crippen LogP contribution in [0, 0.1) is 0 Å². The highest BCUT2D eigenvalue weighted by atomic mass is 16.5. The molecule has 0 spiro atoms. The lowest BCUT2D eigenvalue weighted by atomic mass is 10.2. The van der Waals surface area contributed by atoms with Crippen molar-refractivity contribution in [2.24, 2.45) is 5.73 Å². The third-order valence-electron chi connectivity index (χ3n) is 2.78. The van der Waals surface area contributed by atoms with E-state index in [0.717, 1.165) is 0 Å². The van der Waals surface area contributed by atoms with Crippen LogP contribution in [0.1, 0.15) is 25.2 Å². The third kappa shape index (κ3) is 2.14. The molecule has 1 heterocycles. The highest BCUT2D eigenvalue weighted by molar-refractivity contribution is 5.40.